The van der Waals surface area contributed by atoms with Crippen LogP contribution in [0.1, 0.15) is 21.5 Å². The highest BCUT2D eigenvalue weighted by molar-refractivity contribution is 6.17. The molecule has 0 radical (unpaired) electrons. The Kier molecular flexibility index (Phi) is 5.59. The van der Waals surface area contributed by atoms with Gasteiger partial charge in [-0.15, -0.1) is 0 Å². The summed E-state index contributed by atoms with van der Waals surface area (Å²) in [4.78, 5) is 11.4. The third kappa shape index (κ3) is 4.37. The van der Waals surface area contributed by atoms with Gasteiger partial charge in [0.15, 0.2) is 6.07 Å². The highest BCUT2D eigenvalue weighted by atomic mass is 35.5. The summed E-state index contributed by atoms with van der Waals surface area (Å²) in [6.45, 7) is 1.07. The number of rotatable bonds is 6. The van der Waals surface area contributed by atoms with E-state index >= 15 is 0 Å². The lowest BCUT2D eigenvalue weighted by atomic mass is 10.1. The van der Waals surface area contributed by atoms with Gasteiger partial charge in [-0.2, -0.15) is 0 Å². The van der Waals surface area contributed by atoms with Crippen molar-refractivity contribution in [2.75, 3.05) is 6.07 Å². The highest BCUT2D eigenvalue weighted by Crippen LogP contribution is 2.09. The third-order valence-electron chi connectivity index (χ3n) is 2.76. The molecule has 0 atom stereocenters. The second-order valence-corrected chi connectivity index (χ2v) is 4.43. The van der Waals surface area contributed by atoms with Crippen LogP contribution < -0.4 is 0 Å². The predicted octanol–water partition coefficient (Wildman–Crippen LogP) is 3.76. The predicted molar refractivity (Wildman–Crippen MR) is 77.5 cm³/mol. The van der Waals surface area contributed by atoms with Crippen LogP contribution >= 0.6 is 11.6 Å². The Morgan fingerprint density at radius 1 is 0.900 bits per heavy atom. The molecule has 104 valence electrons. The number of hydrogen-bond acceptors (Lipinski definition) is 3. The molecule has 0 unspecified atom stereocenters. The van der Waals surface area contributed by atoms with Gasteiger partial charge in [0.1, 0.15) is 0 Å². The molecule has 3 nitrogen and oxygen atoms in total. The molecule has 0 heterocycles. The van der Waals surface area contributed by atoms with Crippen LogP contribution in [-0.4, -0.2) is 12.0 Å². The summed E-state index contributed by atoms with van der Waals surface area (Å²) in [6, 6.07) is 16.9. The summed E-state index contributed by atoms with van der Waals surface area (Å²) in [5, 5.41) is 0. The van der Waals surface area contributed by atoms with Crippen molar-refractivity contribution in [2.45, 2.75) is 13.2 Å². The van der Waals surface area contributed by atoms with Crippen LogP contribution in [0.15, 0.2) is 54.6 Å². The number of alkyl halides is 1. The van der Waals surface area contributed by atoms with E-state index in [1.807, 2.05) is 42.5 Å². The maximum Gasteiger partial charge on any atom is 0.339 e. The minimum atomic E-state index is -0.420. The molecule has 0 bridgehead atoms. The monoisotopic (exact) mass is 290 g/mol. The molecule has 0 N–H and O–H groups in total. The minimum absolute atomic E-state index is 0.138. The van der Waals surface area contributed by atoms with Crippen LogP contribution in [-0.2, 0) is 22.7 Å². The van der Waals surface area contributed by atoms with Crippen molar-refractivity contribution < 1.29 is 14.3 Å². The van der Waals surface area contributed by atoms with Gasteiger partial charge in [0.05, 0.1) is 18.8 Å². The quantitative estimate of drug-likeness (QED) is 0.600. The average Bonchev–Trinajstić information content (AvgIpc) is 2.49. The van der Waals surface area contributed by atoms with Gasteiger partial charge in [0, 0.05) is 0 Å². The first kappa shape index (κ1) is 14.6. The van der Waals surface area contributed by atoms with Crippen LogP contribution in [0.5, 0.6) is 0 Å². The zero-order chi connectivity index (χ0) is 14.2. The van der Waals surface area contributed by atoms with Crippen molar-refractivity contribution >= 4 is 17.6 Å². The molecule has 0 aliphatic rings. The molecule has 2 aromatic rings. The van der Waals surface area contributed by atoms with Crippen molar-refractivity contribution in [3.63, 3.8) is 0 Å². The molecule has 0 aliphatic carbocycles. The average molecular weight is 291 g/mol. The van der Waals surface area contributed by atoms with E-state index in [-0.39, 0.29) is 6.07 Å². The lowest BCUT2D eigenvalue weighted by Crippen LogP contribution is -2.03. The molecule has 0 aromatic heterocycles. The number of hydrogen-bond donors (Lipinski definition) is 0. The second kappa shape index (κ2) is 7.68. The number of carbonyl (C=O) groups excluding carboxylic acids is 1. The molecule has 4 heteroatoms. The Morgan fingerprint density at radius 3 is 2.10 bits per heavy atom. The Balaban J connectivity index is 1.83. The maximum atomic E-state index is 11.4. The SMILES string of the molecule is O=C(OCCl)c1ccc(COCc2ccccc2)cc1. The van der Waals surface area contributed by atoms with Crippen molar-refractivity contribution in [2.24, 2.45) is 0 Å². The topological polar surface area (TPSA) is 35.5 Å². The fraction of sp³-hybridized carbons (Fsp3) is 0.188. The Labute approximate surface area is 123 Å². The number of halogens is 1. The van der Waals surface area contributed by atoms with Crippen LogP contribution in [0.4, 0.5) is 0 Å². The van der Waals surface area contributed by atoms with Gasteiger partial charge >= 0.3 is 5.97 Å². The second-order valence-electron chi connectivity index (χ2n) is 4.22. The largest absolute Gasteiger partial charge is 0.446 e. The molecule has 0 aliphatic heterocycles. The standard InChI is InChI=1S/C16H15ClO3/c17-12-20-16(18)15-8-6-14(7-9-15)11-19-10-13-4-2-1-3-5-13/h1-9H,10-12H2. The summed E-state index contributed by atoms with van der Waals surface area (Å²) in [5.41, 5.74) is 2.62. The first-order valence-corrected chi connectivity index (χ1v) is 6.77. The molecular formula is C16H15ClO3. The normalized spacial score (nSPS) is 10.2. The molecular weight excluding hydrogens is 276 g/mol. The van der Waals surface area contributed by atoms with Crippen molar-refractivity contribution in [3.05, 3.63) is 71.3 Å². The van der Waals surface area contributed by atoms with Gasteiger partial charge in [0.2, 0.25) is 0 Å². The maximum absolute atomic E-state index is 11.4. The molecule has 2 aromatic carbocycles. The van der Waals surface area contributed by atoms with Gasteiger partial charge < -0.3 is 9.47 Å². The lowest BCUT2D eigenvalue weighted by Gasteiger charge is -2.06. The van der Waals surface area contributed by atoms with Gasteiger partial charge in [-0.3, -0.25) is 0 Å². The lowest BCUT2D eigenvalue weighted by molar-refractivity contribution is 0.0574. The number of carbonyl (C=O) groups is 1. The Hall–Kier alpha value is -1.84. The van der Waals surface area contributed by atoms with E-state index in [9.17, 15) is 4.79 Å². The van der Waals surface area contributed by atoms with Gasteiger partial charge in [-0.05, 0) is 23.3 Å². The summed E-state index contributed by atoms with van der Waals surface area (Å²) in [6.07, 6.45) is 0. The molecule has 0 fully saturated rings. The summed E-state index contributed by atoms with van der Waals surface area (Å²) < 4.78 is 10.3. The van der Waals surface area contributed by atoms with Gasteiger partial charge in [0.25, 0.3) is 0 Å². The first-order valence-electron chi connectivity index (χ1n) is 6.23. The molecule has 0 amide bonds. The number of esters is 1. The fourth-order valence-corrected chi connectivity index (χ4v) is 1.83. The van der Waals surface area contributed by atoms with Gasteiger partial charge in [-0.1, -0.05) is 54.1 Å². The van der Waals surface area contributed by atoms with Crippen LogP contribution in [0.3, 0.4) is 0 Å². The molecule has 2 rings (SSSR count). The summed E-state index contributed by atoms with van der Waals surface area (Å²) in [7, 11) is 0. The smallest absolute Gasteiger partial charge is 0.339 e. The van der Waals surface area contributed by atoms with E-state index < -0.39 is 5.97 Å². The van der Waals surface area contributed by atoms with E-state index in [0.29, 0.717) is 18.8 Å². The van der Waals surface area contributed by atoms with Crippen LogP contribution in [0.2, 0.25) is 0 Å². The van der Waals surface area contributed by atoms with Crippen molar-refractivity contribution in [3.8, 4) is 0 Å². The van der Waals surface area contributed by atoms with Gasteiger partial charge in [-0.25, -0.2) is 4.79 Å². The minimum Gasteiger partial charge on any atom is -0.446 e. The molecule has 0 spiro atoms. The third-order valence-corrected chi connectivity index (χ3v) is 2.86. The zero-order valence-electron chi connectivity index (χ0n) is 10.9. The van der Waals surface area contributed by atoms with Crippen molar-refractivity contribution in [1.29, 1.82) is 0 Å². The van der Waals surface area contributed by atoms with E-state index in [1.54, 1.807) is 12.1 Å². The molecule has 20 heavy (non-hydrogen) atoms. The van der Waals surface area contributed by atoms with Crippen LogP contribution in [0.25, 0.3) is 0 Å². The van der Waals surface area contributed by atoms with E-state index in [4.69, 9.17) is 21.1 Å². The number of benzene rings is 2. The van der Waals surface area contributed by atoms with Crippen molar-refractivity contribution in [1.82, 2.24) is 0 Å². The van der Waals surface area contributed by atoms with Crippen LogP contribution in [0, 0.1) is 0 Å². The van der Waals surface area contributed by atoms with E-state index in [2.05, 4.69) is 0 Å². The number of ether oxygens (including phenoxy) is 2. The van der Waals surface area contributed by atoms with E-state index in [1.165, 1.54) is 0 Å². The zero-order valence-corrected chi connectivity index (χ0v) is 11.7. The first-order chi connectivity index (χ1) is 9.79. The van der Waals surface area contributed by atoms with E-state index in [0.717, 1.165) is 11.1 Å². The fourth-order valence-electron chi connectivity index (χ4n) is 1.73. The molecule has 0 saturated carbocycles. The Bertz CT molecular complexity index is 537. The Morgan fingerprint density at radius 2 is 1.50 bits per heavy atom. The summed E-state index contributed by atoms with van der Waals surface area (Å²) in [5.74, 6) is -0.420. The molecule has 0 saturated heterocycles. The summed E-state index contributed by atoms with van der Waals surface area (Å²) >= 11 is 5.34. The highest BCUT2D eigenvalue weighted by Gasteiger charge is 2.05.